The van der Waals surface area contributed by atoms with Gasteiger partial charge in [-0.25, -0.2) is 9.97 Å². The molecule has 3 heteroatoms. The highest BCUT2D eigenvalue weighted by atomic mass is 15.1. The van der Waals surface area contributed by atoms with Gasteiger partial charge in [0.1, 0.15) is 11.3 Å². The maximum atomic E-state index is 4.83. The second-order valence-electron chi connectivity index (χ2n) is 5.85. The first-order valence-electron chi connectivity index (χ1n) is 6.04. The Morgan fingerprint density at radius 2 is 1.53 bits per heavy atom. The monoisotopic (exact) mass is 231 g/mol. The summed E-state index contributed by atoms with van der Waals surface area (Å²) in [6, 6.07) is 0. The lowest BCUT2D eigenvalue weighted by molar-refractivity contribution is 0.565. The van der Waals surface area contributed by atoms with Crippen molar-refractivity contribution in [1.82, 2.24) is 14.5 Å². The molecule has 0 aromatic carbocycles. The van der Waals surface area contributed by atoms with Gasteiger partial charge in [0, 0.05) is 12.5 Å². The zero-order valence-corrected chi connectivity index (χ0v) is 11.8. The van der Waals surface area contributed by atoms with E-state index in [0.29, 0.717) is 0 Å². The summed E-state index contributed by atoms with van der Waals surface area (Å²) in [6.45, 7) is 12.9. The molecule has 0 bridgehead atoms. The van der Waals surface area contributed by atoms with Crippen molar-refractivity contribution in [2.75, 3.05) is 0 Å². The van der Waals surface area contributed by atoms with Crippen LogP contribution in [-0.2, 0) is 12.5 Å². The Hall–Kier alpha value is -1.38. The summed E-state index contributed by atoms with van der Waals surface area (Å²) in [5, 5.41) is 0. The van der Waals surface area contributed by atoms with Crippen LogP contribution in [0.1, 0.15) is 43.4 Å². The van der Waals surface area contributed by atoms with Crippen LogP contribution in [0.5, 0.6) is 0 Å². The predicted molar refractivity (Wildman–Crippen MR) is 71.4 cm³/mol. The van der Waals surface area contributed by atoms with Crippen molar-refractivity contribution < 1.29 is 0 Å². The second kappa shape index (κ2) is 3.56. The first-order chi connectivity index (χ1) is 7.73. The fourth-order valence-electron chi connectivity index (χ4n) is 2.25. The largest absolute Gasteiger partial charge is 0.316 e. The number of nitrogens with zero attached hydrogens (tertiary/aromatic N) is 3. The third-order valence-electron chi connectivity index (χ3n) is 3.49. The first kappa shape index (κ1) is 12.1. The molecule has 0 unspecified atom stereocenters. The van der Waals surface area contributed by atoms with Crippen molar-refractivity contribution in [2.45, 2.75) is 47.0 Å². The minimum atomic E-state index is 0.0706. The van der Waals surface area contributed by atoms with E-state index >= 15 is 0 Å². The molecule has 2 rings (SSSR count). The van der Waals surface area contributed by atoms with Crippen molar-refractivity contribution in [3.05, 3.63) is 22.6 Å². The highest BCUT2D eigenvalue weighted by molar-refractivity contribution is 5.77. The summed E-state index contributed by atoms with van der Waals surface area (Å²) < 4.78 is 2.07. The van der Waals surface area contributed by atoms with Gasteiger partial charge in [-0.15, -0.1) is 0 Å². The summed E-state index contributed by atoms with van der Waals surface area (Å²) in [4.78, 5) is 9.42. The lowest BCUT2D eigenvalue weighted by Gasteiger charge is -2.21. The molecule has 92 valence electrons. The maximum absolute atomic E-state index is 4.83. The van der Waals surface area contributed by atoms with E-state index in [2.05, 4.69) is 44.2 Å². The topological polar surface area (TPSA) is 30.7 Å². The lowest BCUT2D eigenvalue weighted by atomic mass is 9.87. The highest BCUT2D eigenvalue weighted by Gasteiger charge is 2.22. The molecule has 0 spiro atoms. The Labute approximate surface area is 103 Å². The van der Waals surface area contributed by atoms with Gasteiger partial charge in [0.2, 0.25) is 0 Å². The first-order valence-corrected chi connectivity index (χ1v) is 6.04. The fourth-order valence-corrected chi connectivity index (χ4v) is 2.25. The molecule has 0 saturated heterocycles. The quantitative estimate of drug-likeness (QED) is 0.697. The van der Waals surface area contributed by atoms with Crippen LogP contribution in [0, 0.1) is 20.8 Å². The van der Waals surface area contributed by atoms with Crippen molar-refractivity contribution in [1.29, 1.82) is 0 Å². The van der Waals surface area contributed by atoms with Gasteiger partial charge in [-0.05, 0) is 31.9 Å². The number of rotatable bonds is 0. The Balaban J connectivity index is 2.90. The number of pyridine rings is 1. The van der Waals surface area contributed by atoms with Gasteiger partial charge in [-0.2, -0.15) is 0 Å². The van der Waals surface area contributed by atoms with Crippen LogP contribution in [0.25, 0.3) is 11.2 Å². The number of hydrogen-bond acceptors (Lipinski definition) is 2. The average Bonchev–Trinajstić information content (AvgIpc) is 2.48. The van der Waals surface area contributed by atoms with E-state index in [1.54, 1.807) is 0 Å². The zero-order valence-electron chi connectivity index (χ0n) is 11.8. The van der Waals surface area contributed by atoms with Crippen LogP contribution in [-0.4, -0.2) is 14.5 Å². The van der Waals surface area contributed by atoms with Crippen LogP contribution >= 0.6 is 0 Å². The summed E-state index contributed by atoms with van der Waals surface area (Å²) >= 11 is 0. The van der Waals surface area contributed by atoms with Crippen molar-refractivity contribution in [3.63, 3.8) is 0 Å². The number of aryl methyl sites for hydroxylation is 3. The van der Waals surface area contributed by atoms with Crippen molar-refractivity contribution in [2.24, 2.45) is 7.05 Å². The SMILES string of the molecule is Cc1c(C(C)(C)C)nc2c(nc(C)n2C)c1C. The average molecular weight is 231 g/mol. The van der Waals surface area contributed by atoms with E-state index < -0.39 is 0 Å². The van der Waals surface area contributed by atoms with Crippen LogP contribution in [0.2, 0.25) is 0 Å². The summed E-state index contributed by atoms with van der Waals surface area (Å²) in [6.07, 6.45) is 0. The van der Waals surface area contributed by atoms with Gasteiger partial charge < -0.3 is 4.57 Å². The third-order valence-corrected chi connectivity index (χ3v) is 3.49. The molecule has 3 nitrogen and oxygen atoms in total. The minimum Gasteiger partial charge on any atom is -0.316 e. The number of imidazole rings is 1. The predicted octanol–water partition coefficient (Wildman–Crippen LogP) is 3.19. The standard InChI is InChI=1S/C14H21N3/c1-8-9(2)12(14(4,5)6)16-13-11(8)15-10(3)17(13)7/h1-7H3. The molecule has 0 aliphatic rings. The Bertz CT molecular complexity index is 586. The van der Waals surface area contributed by atoms with Gasteiger partial charge in [-0.1, -0.05) is 20.8 Å². The molecular weight excluding hydrogens is 210 g/mol. The molecule has 2 aromatic rings. The molecule has 2 aromatic heterocycles. The molecule has 0 atom stereocenters. The number of aromatic nitrogens is 3. The van der Waals surface area contributed by atoms with Gasteiger partial charge in [0.05, 0.1) is 5.69 Å². The van der Waals surface area contributed by atoms with Gasteiger partial charge in [0.15, 0.2) is 5.65 Å². The fraction of sp³-hybridized carbons (Fsp3) is 0.571. The van der Waals surface area contributed by atoms with E-state index in [1.165, 1.54) is 16.8 Å². The smallest absolute Gasteiger partial charge is 0.160 e. The number of fused-ring (bicyclic) bond motifs is 1. The van der Waals surface area contributed by atoms with Crippen LogP contribution < -0.4 is 0 Å². The molecule has 17 heavy (non-hydrogen) atoms. The Kier molecular flexibility index (Phi) is 2.53. The molecule has 2 heterocycles. The molecule has 0 radical (unpaired) electrons. The van der Waals surface area contributed by atoms with Crippen molar-refractivity contribution in [3.8, 4) is 0 Å². The lowest BCUT2D eigenvalue weighted by Crippen LogP contribution is -2.17. The summed E-state index contributed by atoms with van der Waals surface area (Å²) in [5.41, 5.74) is 5.80. The highest BCUT2D eigenvalue weighted by Crippen LogP contribution is 2.29. The Morgan fingerprint density at radius 1 is 0.941 bits per heavy atom. The number of hydrogen-bond donors (Lipinski definition) is 0. The molecule has 0 saturated carbocycles. The minimum absolute atomic E-state index is 0.0706. The van der Waals surface area contributed by atoms with E-state index in [4.69, 9.17) is 4.98 Å². The third kappa shape index (κ3) is 1.74. The zero-order chi connectivity index (χ0) is 13.0. The normalized spacial score (nSPS) is 12.4. The van der Waals surface area contributed by atoms with Crippen LogP contribution in [0.15, 0.2) is 0 Å². The molecule has 0 amide bonds. The molecule has 0 aliphatic carbocycles. The van der Waals surface area contributed by atoms with E-state index in [-0.39, 0.29) is 5.41 Å². The van der Waals surface area contributed by atoms with Crippen LogP contribution in [0.4, 0.5) is 0 Å². The Morgan fingerprint density at radius 3 is 2.06 bits per heavy atom. The summed E-state index contributed by atoms with van der Waals surface area (Å²) in [7, 11) is 2.03. The molecule has 0 fully saturated rings. The van der Waals surface area contributed by atoms with Gasteiger partial charge >= 0.3 is 0 Å². The van der Waals surface area contributed by atoms with Crippen LogP contribution in [0.3, 0.4) is 0 Å². The van der Waals surface area contributed by atoms with E-state index in [1.807, 2.05) is 14.0 Å². The van der Waals surface area contributed by atoms with Gasteiger partial charge in [-0.3, -0.25) is 0 Å². The molecule has 0 N–H and O–H groups in total. The molecular formula is C14H21N3. The van der Waals surface area contributed by atoms with E-state index in [9.17, 15) is 0 Å². The van der Waals surface area contributed by atoms with E-state index in [0.717, 1.165) is 17.0 Å². The second-order valence-corrected chi connectivity index (χ2v) is 5.85. The van der Waals surface area contributed by atoms with Gasteiger partial charge in [0.25, 0.3) is 0 Å². The summed E-state index contributed by atoms with van der Waals surface area (Å²) in [5.74, 6) is 1.01. The van der Waals surface area contributed by atoms with Crippen molar-refractivity contribution >= 4 is 11.2 Å². The molecule has 0 aliphatic heterocycles. The maximum Gasteiger partial charge on any atom is 0.160 e.